The number of benzene rings is 2. The minimum absolute atomic E-state index is 0.0155. The van der Waals surface area contributed by atoms with Crippen molar-refractivity contribution in [2.24, 2.45) is 0 Å². The first-order chi connectivity index (χ1) is 11.3. The third-order valence-electron chi connectivity index (χ3n) is 3.24. The number of amides is 1. The molecule has 0 heterocycles. The first-order valence-electron chi connectivity index (χ1n) is 6.93. The van der Waals surface area contributed by atoms with Crippen molar-refractivity contribution in [2.45, 2.75) is 6.10 Å². The summed E-state index contributed by atoms with van der Waals surface area (Å²) >= 11 is 18.0. The van der Waals surface area contributed by atoms with Gasteiger partial charge in [-0.15, -0.1) is 0 Å². The molecule has 2 aromatic carbocycles. The van der Waals surface area contributed by atoms with Crippen molar-refractivity contribution in [3.63, 3.8) is 0 Å². The molecule has 0 saturated carbocycles. The minimum Gasteiger partial charge on any atom is -0.444 e. The average molecular weight is 387 g/mol. The highest BCUT2D eigenvalue weighted by Gasteiger charge is 2.29. The van der Waals surface area contributed by atoms with E-state index in [-0.39, 0.29) is 26.5 Å². The Morgan fingerprint density at radius 1 is 0.958 bits per heavy atom. The highest BCUT2D eigenvalue weighted by molar-refractivity contribution is 6.46. The van der Waals surface area contributed by atoms with E-state index in [1.54, 1.807) is 44.4 Å². The summed E-state index contributed by atoms with van der Waals surface area (Å²) in [6.45, 7) is 0. The van der Waals surface area contributed by atoms with Crippen LogP contribution in [0.4, 0.5) is 0 Å². The van der Waals surface area contributed by atoms with Crippen LogP contribution in [0.2, 0.25) is 15.1 Å². The molecule has 2 rings (SSSR count). The number of esters is 1. The average Bonchev–Trinajstić information content (AvgIpc) is 2.56. The molecule has 0 N–H and O–H groups in total. The molecular formula is C17H14Cl3NO3. The fourth-order valence-electron chi connectivity index (χ4n) is 2.00. The molecule has 1 amide bonds. The van der Waals surface area contributed by atoms with Gasteiger partial charge in [-0.1, -0.05) is 65.1 Å². The maximum atomic E-state index is 12.5. The highest BCUT2D eigenvalue weighted by Crippen LogP contribution is 2.33. The van der Waals surface area contributed by atoms with E-state index in [0.717, 1.165) is 0 Å². The standard InChI is InChI=1S/C17H14Cl3NO3/c1-21(2)16(22)15(10-6-4-3-5-7-10)24-17(23)13-11(18)8-9-12(19)14(13)20/h3-9,15H,1-2H3. The molecule has 0 spiro atoms. The molecule has 1 unspecified atom stereocenters. The van der Waals surface area contributed by atoms with Gasteiger partial charge in [0.15, 0.2) is 0 Å². The van der Waals surface area contributed by atoms with E-state index >= 15 is 0 Å². The Labute approximate surface area is 154 Å². The SMILES string of the molecule is CN(C)C(=O)C(OC(=O)c1c(Cl)ccc(Cl)c1Cl)c1ccccc1. The smallest absolute Gasteiger partial charge is 0.342 e. The van der Waals surface area contributed by atoms with Crippen LogP contribution >= 0.6 is 34.8 Å². The summed E-state index contributed by atoms with van der Waals surface area (Å²) in [5, 5.41) is 0.250. The van der Waals surface area contributed by atoms with Crippen LogP contribution in [-0.2, 0) is 9.53 Å². The number of hydrogen-bond acceptors (Lipinski definition) is 3. The van der Waals surface area contributed by atoms with Crippen LogP contribution in [0, 0.1) is 0 Å². The lowest BCUT2D eigenvalue weighted by Gasteiger charge is -2.21. The van der Waals surface area contributed by atoms with Gasteiger partial charge in [0.2, 0.25) is 6.10 Å². The van der Waals surface area contributed by atoms with Gasteiger partial charge in [0.25, 0.3) is 5.91 Å². The second-order valence-electron chi connectivity index (χ2n) is 5.15. The summed E-state index contributed by atoms with van der Waals surface area (Å²) in [5.74, 6) is -1.21. The van der Waals surface area contributed by atoms with Gasteiger partial charge in [-0.25, -0.2) is 4.79 Å². The zero-order chi connectivity index (χ0) is 17.9. The van der Waals surface area contributed by atoms with Crippen molar-refractivity contribution in [1.82, 2.24) is 4.90 Å². The Balaban J connectivity index is 2.39. The molecule has 0 fully saturated rings. The molecule has 126 valence electrons. The largest absolute Gasteiger partial charge is 0.444 e. The number of hydrogen-bond donors (Lipinski definition) is 0. The molecule has 0 aromatic heterocycles. The number of ether oxygens (including phenoxy) is 1. The van der Waals surface area contributed by atoms with Gasteiger partial charge in [0.05, 0.1) is 20.6 Å². The summed E-state index contributed by atoms with van der Waals surface area (Å²) in [5.41, 5.74) is 0.470. The molecule has 0 aliphatic carbocycles. The van der Waals surface area contributed by atoms with Gasteiger partial charge in [-0.05, 0) is 12.1 Å². The lowest BCUT2D eigenvalue weighted by molar-refractivity contribution is -0.138. The molecule has 2 aromatic rings. The monoisotopic (exact) mass is 385 g/mol. The number of likely N-dealkylation sites (N-methyl/N-ethyl adjacent to an activating group) is 1. The molecule has 7 heteroatoms. The van der Waals surface area contributed by atoms with Crippen molar-refractivity contribution < 1.29 is 14.3 Å². The van der Waals surface area contributed by atoms with Crippen LogP contribution in [-0.4, -0.2) is 30.9 Å². The second-order valence-corrected chi connectivity index (χ2v) is 6.34. The zero-order valence-corrected chi connectivity index (χ0v) is 15.2. The molecule has 0 saturated heterocycles. The predicted molar refractivity (Wildman–Crippen MR) is 94.8 cm³/mol. The van der Waals surface area contributed by atoms with Crippen LogP contribution in [0.15, 0.2) is 42.5 Å². The van der Waals surface area contributed by atoms with E-state index < -0.39 is 12.1 Å². The van der Waals surface area contributed by atoms with Crippen molar-refractivity contribution in [3.8, 4) is 0 Å². The number of carbonyl (C=O) groups is 2. The van der Waals surface area contributed by atoms with Crippen LogP contribution in [0.1, 0.15) is 22.0 Å². The van der Waals surface area contributed by atoms with Crippen molar-refractivity contribution >= 4 is 46.7 Å². The summed E-state index contributed by atoms with van der Waals surface area (Å²) < 4.78 is 5.40. The first kappa shape index (κ1) is 18.6. The Bertz CT molecular complexity index is 763. The number of rotatable bonds is 4. The molecule has 0 bridgehead atoms. The Kier molecular flexibility index (Phi) is 6.10. The first-order valence-corrected chi connectivity index (χ1v) is 8.07. The van der Waals surface area contributed by atoms with Gasteiger partial charge in [0, 0.05) is 19.7 Å². The maximum absolute atomic E-state index is 12.5. The van der Waals surface area contributed by atoms with Crippen LogP contribution in [0.25, 0.3) is 0 Å². The van der Waals surface area contributed by atoms with Crippen LogP contribution < -0.4 is 0 Å². The Hall–Kier alpha value is -1.75. The van der Waals surface area contributed by atoms with E-state index in [9.17, 15) is 9.59 Å². The van der Waals surface area contributed by atoms with Gasteiger partial charge in [0.1, 0.15) is 0 Å². The van der Waals surface area contributed by atoms with Gasteiger partial charge in [-0.2, -0.15) is 0 Å². The lowest BCUT2D eigenvalue weighted by atomic mass is 10.1. The van der Waals surface area contributed by atoms with Crippen LogP contribution in [0.5, 0.6) is 0 Å². The fourth-order valence-corrected chi connectivity index (χ4v) is 2.69. The summed E-state index contributed by atoms with van der Waals surface area (Å²) in [6, 6.07) is 11.6. The molecular weight excluding hydrogens is 373 g/mol. The molecule has 0 radical (unpaired) electrons. The molecule has 0 aliphatic heterocycles. The van der Waals surface area contributed by atoms with Crippen LogP contribution in [0.3, 0.4) is 0 Å². The predicted octanol–water partition coefficient (Wildman–Crippen LogP) is 4.63. The van der Waals surface area contributed by atoms with Gasteiger partial charge in [-0.3, -0.25) is 4.79 Å². The normalized spacial score (nSPS) is 11.7. The second kappa shape index (κ2) is 7.88. The molecule has 0 aliphatic rings. The van der Waals surface area contributed by atoms with E-state index in [1.165, 1.54) is 17.0 Å². The number of halogens is 3. The minimum atomic E-state index is -1.11. The summed E-state index contributed by atoms with van der Waals surface area (Å²) in [4.78, 5) is 26.3. The topological polar surface area (TPSA) is 46.6 Å². The van der Waals surface area contributed by atoms with E-state index in [4.69, 9.17) is 39.5 Å². The van der Waals surface area contributed by atoms with Gasteiger partial charge < -0.3 is 9.64 Å². The third kappa shape index (κ3) is 4.01. The number of carbonyl (C=O) groups excluding carboxylic acids is 2. The Morgan fingerprint density at radius 2 is 1.54 bits per heavy atom. The van der Waals surface area contributed by atoms with E-state index in [0.29, 0.717) is 5.56 Å². The van der Waals surface area contributed by atoms with E-state index in [1.807, 2.05) is 0 Å². The third-order valence-corrected chi connectivity index (χ3v) is 4.36. The van der Waals surface area contributed by atoms with Crippen molar-refractivity contribution in [2.75, 3.05) is 14.1 Å². The van der Waals surface area contributed by atoms with Crippen molar-refractivity contribution in [3.05, 3.63) is 68.7 Å². The quantitative estimate of drug-likeness (QED) is 0.568. The maximum Gasteiger partial charge on any atom is 0.342 e. The lowest BCUT2D eigenvalue weighted by Crippen LogP contribution is -2.31. The number of nitrogens with zero attached hydrogens (tertiary/aromatic N) is 1. The summed E-state index contributed by atoms with van der Waals surface area (Å²) in [7, 11) is 3.15. The highest BCUT2D eigenvalue weighted by atomic mass is 35.5. The van der Waals surface area contributed by atoms with Crippen molar-refractivity contribution in [1.29, 1.82) is 0 Å². The van der Waals surface area contributed by atoms with Gasteiger partial charge >= 0.3 is 5.97 Å². The Morgan fingerprint density at radius 3 is 2.12 bits per heavy atom. The fraction of sp³-hybridized carbons (Fsp3) is 0.176. The molecule has 4 nitrogen and oxygen atoms in total. The summed E-state index contributed by atoms with van der Waals surface area (Å²) in [6.07, 6.45) is -1.11. The molecule has 24 heavy (non-hydrogen) atoms. The zero-order valence-electron chi connectivity index (χ0n) is 12.9. The molecule has 1 atom stereocenters. The van der Waals surface area contributed by atoms with E-state index in [2.05, 4.69) is 0 Å².